The molecule has 3 nitrogen and oxygen atoms in total. The maximum absolute atomic E-state index is 3.62. The van der Waals surface area contributed by atoms with Crippen molar-refractivity contribution in [2.45, 2.75) is 39.3 Å². The van der Waals surface area contributed by atoms with Crippen LogP contribution in [0.4, 0.5) is 5.69 Å². The fourth-order valence-electron chi connectivity index (χ4n) is 3.61. The van der Waals surface area contributed by atoms with Crippen LogP contribution in [0.5, 0.6) is 0 Å². The van der Waals surface area contributed by atoms with Gasteiger partial charge < -0.3 is 15.1 Å². The molecule has 1 fully saturated rings. The maximum atomic E-state index is 3.62. The van der Waals surface area contributed by atoms with Crippen LogP contribution in [0.2, 0.25) is 0 Å². The second-order valence-corrected chi connectivity index (χ2v) is 6.49. The highest BCUT2D eigenvalue weighted by Crippen LogP contribution is 2.32. The molecule has 3 heteroatoms. The van der Waals surface area contributed by atoms with Crippen molar-refractivity contribution in [2.24, 2.45) is 5.92 Å². The topological polar surface area (TPSA) is 18.5 Å². The first-order valence-electron chi connectivity index (χ1n) is 8.32. The van der Waals surface area contributed by atoms with Crippen molar-refractivity contribution in [3.63, 3.8) is 0 Å². The molecule has 0 aliphatic carbocycles. The van der Waals surface area contributed by atoms with Gasteiger partial charge in [0.05, 0.1) is 0 Å². The average molecular weight is 289 g/mol. The summed E-state index contributed by atoms with van der Waals surface area (Å²) in [5.41, 5.74) is 2.87. The van der Waals surface area contributed by atoms with Crippen LogP contribution in [-0.2, 0) is 0 Å². The fourth-order valence-corrected chi connectivity index (χ4v) is 3.61. The van der Waals surface area contributed by atoms with Crippen molar-refractivity contribution in [3.8, 4) is 0 Å². The molecule has 0 aromatic heterocycles. The van der Waals surface area contributed by atoms with Gasteiger partial charge in [-0.3, -0.25) is 0 Å². The summed E-state index contributed by atoms with van der Waals surface area (Å²) < 4.78 is 0. The largest absolute Gasteiger partial charge is 0.369 e. The molecule has 2 rings (SSSR count). The Hall–Kier alpha value is -1.06. The summed E-state index contributed by atoms with van der Waals surface area (Å²) in [6.45, 7) is 10.1. The Balaban J connectivity index is 2.24. The molecule has 0 spiro atoms. The smallest absolute Gasteiger partial charge is 0.0415 e. The Labute approximate surface area is 130 Å². The minimum Gasteiger partial charge on any atom is -0.369 e. The molecule has 1 saturated heterocycles. The van der Waals surface area contributed by atoms with Crippen LogP contribution in [0.1, 0.15) is 38.8 Å². The van der Waals surface area contributed by atoms with Gasteiger partial charge in [-0.2, -0.15) is 0 Å². The zero-order chi connectivity index (χ0) is 15.4. The third-order valence-corrected chi connectivity index (χ3v) is 4.75. The van der Waals surface area contributed by atoms with Gasteiger partial charge >= 0.3 is 0 Å². The van der Waals surface area contributed by atoms with Crippen LogP contribution >= 0.6 is 0 Å². The lowest BCUT2D eigenvalue weighted by molar-refractivity contribution is 0.266. The molecule has 1 heterocycles. The highest BCUT2D eigenvalue weighted by atomic mass is 15.2. The molecule has 0 radical (unpaired) electrons. The van der Waals surface area contributed by atoms with E-state index >= 15 is 0 Å². The van der Waals surface area contributed by atoms with Crippen molar-refractivity contribution < 1.29 is 0 Å². The van der Waals surface area contributed by atoms with Crippen LogP contribution < -0.4 is 10.2 Å². The zero-order valence-corrected chi connectivity index (χ0v) is 14.3. The van der Waals surface area contributed by atoms with Crippen molar-refractivity contribution in [1.82, 2.24) is 10.2 Å². The Bertz CT molecular complexity index is 444. The summed E-state index contributed by atoms with van der Waals surface area (Å²) in [7, 11) is 4.40. The lowest BCUT2D eigenvalue weighted by Crippen LogP contribution is -2.34. The van der Waals surface area contributed by atoms with E-state index < -0.39 is 0 Å². The standard InChI is InChI=1S/C18H31N3/c1-6-16(19-7-2)15-10-8-9-11-17(15)21-12-14(3)18(13-21)20(4)5/h8-11,14,16,18-19H,6-7,12-13H2,1-5H3. The molecule has 1 N–H and O–H groups in total. The van der Waals surface area contributed by atoms with Crippen LogP contribution in [0, 0.1) is 5.92 Å². The molecule has 0 bridgehead atoms. The Morgan fingerprint density at radius 3 is 2.52 bits per heavy atom. The van der Waals surface area contributed by atoms with E-state index in [-0.39, 0.29) is 0 Å². The monoisotopic (exact) mass is 289 g/mol. The maximum Gasteiger partial charge on any atom is 0.0415 e. The van der Waals surface area contributed by atoms with Crippen LogP contribution in [0.3, 0.4) is 0 Å². The molecule has 118 valence electrons. The second-order valence-electron chi connectivity index (χ2n) is 6.49. The molecule has 1 aromatic rings. The van der Waals surface area contributed by atoms with Gasteiger partial charge in [-0.05, 0) is 44.6 Å². The first-order chi connectivity index (χ1) is 10.1. The van der Waals surface area contributed by atoms with Gasteiger partial charge in [0.25, 0.3) is 0 Å². The summed E-state index contributed by atoms with van der Waals surface area (Å²) >= 11 is 0. The van der Waals surface area contributed by atoms with Gasteiger partial charge in [0.2, 0.25) is 0 Å². The predicted octanol–water partition coefficient (Wildman–Crippen LogP) is 3.13. The first kappa shape index (κ1) is 16.3. The van der Waals surface area contributed by atoms with Crippen LogP contribution in [-0.4, -0.2) is 44.7 Å². The lowest BCUT2D eigenvalue weighted by Gasteiger charge is -2.27. The first-order valence-corrected chi connectivity index (χ1v) is 8.32. The number of nitrogens with one attached hydrogen (secondary N) is 1. The average Bonchev–Trinajstić information content (AvgIpc) is 2.87. The van der Waals surface area contributed by atoms with E-state index in [4.69, 9.17) is 0 Å². The molecule has 3 unspecified atom stereocenters. The van der Waals surface area contributed by atoms with Crippen molar-refractivity contribution >= 4 is 5.69 Å². The summed E-state index contributed by atoms with van der Waals surface area (Å²) in [6, 6.07) is 10.0. The molecular formula is C18H31N3. The normalized spacial score (nSPS) is 23.8. The van der Waals surface area contributed by atoms with Crippen LogP contribution in [0.15, 0.2) is 24.3 Å². The third kappa shape index (κ3) is 3.58. The van der Waals surface area contributed by atoms with E-state index in [1.807, 2.05) is 0 Å². The summed E-state index contributed by atoms with van der Waals surface area (Å²) in [6.07, 6.45) is 1.13. The second kappa shape index (κ2) is 7.28. The number of nitrogens with zero attached hydrogens (tertiary/aromatic N) is 2. The van der Waals surface area contributed by atoms with Crippen molar-refractivity contribution in [1.29, 1.82) is 0 Å². The van der Waals surface area contributed by atoms with Crippen molar-refractivity contribution in [3.05, 3.63) is 29.8 Å². The van der Waals surface area contributed by atoms with Gasteiger partial charge in [-0.15, -0.1) is 0 Å². The predicted molar refractivity (Wildman–Crippen MR) is 92.0 cm³/mol. The molecule has 0 saturated carbocycles. The number of hydrogen-bond acceptors (Lipinski definition) is 3. The fraction of sp³-hybridized carbons (Fsp3) is 0.667. The minimum atomic E-state index is 0.458. The number of likely N-dealkylation sites (N-methyl/N-ethyl adjacent to an activating group) is 1. The minimum absolute atomic E-state index is 0.458. The number of para-hydroxylation sites is 1. The summed E-state index contributed by atoms with van der Waals surface area (Å²) in [5, 5.41) is 3.62. The zero-order valence-electron chi connectivity index (χ0n) is 14.3. The summed E-state index contributed by atoms with van der Waals surface area (Å²) in [5.74, 6) is 0.715. The Kier molecular flexibility index (Phi) is 5.65. The van der Waals surface area contributed by atoms with E-state index in [2.05, 4.69) is 74.2 Å². The van der Waals surface area contributed by atoms with Gasteiger partial charge in [-0.1, -0.05) is 39.0 Å². The quantitative estimate of drug-likeness (QED) is 0.868. The van der Waals surface area contributed by atoms with Gasteiger partial charge in [0.1, 0.15) is 0 Å². The highest BCUT2D eigenvalue weighted by Gasteiger charge is 2.32. The Morgan fingerprint density at radius 1 is 1.24 bits per heavy atom. The molecule has 0 amide bonds. The molecule has 3 atom stereocenters. The van der Waals surface area contributed by atoms with E-state index in [1.54, 1.807) is 0 Å². The SMILES string of the molecule is CCNC(CC)c1ccccc1N1CC(C)C(N(C)C)C1. The Morgan fingerprint density at radius 2 is 1.95 bits per heavy atom. The van der Waals surface area contributed by atoms with Crippen molar-refractivity contribution in [2.75, 3.05) is 38.6 Å². The molecule has 1 aliphatic heterocycles. The van der Waals surface area contributed by atoms with E-state index in [0.717, 1.165) is 26.1 Å². The number of hydrogen-bond donors (Lipinski definition) is 1. The lowest BCUT2D eigenvalue weighted by atomic mass is 10.0. The molecule has 1 aliphatic rings. The van der Waals surface area contributed by atoms with Gasteiger partial charge in [0, 0.05) is 30.9 Å². The van der Waals surface area contributed by atoms with E-state index in [9.17, 15) is 0 Å². The number of benzene rings is 1. The highest BCUT2D eigenvalue weighted by molar-refractivity contribution is 5.56. The van der Waals surface area contributed by atoms with Crippen LogP contribution in [0.25, 0.3) is 0 Å². The van der Waals surface area contributed by atoms with E-state index in [1.165, 1.54) is 11.3 Å². The molecule has 21 heavy (non-hydrogen) atoms. The number of rotatable bonds is 6. The third-order valence-electron chi connectivity index (χ3n) is 4.75. The molecule has 1 aromatic carbocycles. The summed E-state index contributed by atoms with van der Waals surface area (Å²) in [4.78, 5) is 4.94. The van der Waals surface area contributed by atoms with Gasteiger partial charge in [0.15, 0.2) is 0 Å². The number of anilines is 1. The molecular weight excluding hydrogens is 258 g/mol. The van der Waals surface area contributed by atoms with E-state index in [0.29, 0.717) is 18.0 Å². The van der Waals surface area contributed by atoms with Gasteiger partial charge in [-0.25, -0.2) is 0 Å².